The molecule has 7 nitrogen and oxygen atoms in total. The molecule has 8 heteroatoms. The van der Waals surface area contributed by atoms with Gasteiger partial charge in [-0.15, -0.1) is 0 Å². The Morgan fingerprint density at radius 2 is 1.69 bits per heavy atom. The molecule has 0 aliphatic rings. The molecule has 1 rings (SSSR count). The van der Waals surface area contributed by atoms with E-state index in [2.05, 4.69) is 5.32 Å². The van der Waals surface area contributed by atoms with Gasteiger partial charge in [0.1, 0.15) is 0 Å². The van der Waals surface area contributed by atoms with Crippen LogP contribution in [0.15, 0.2) is 29.2 Å². The lowest BCUT2D eigenvalue weighted by atomic mass is 10.1. The average molecular weight is 384 g/mol. The van der Waals surface area contributed by atoms with Gasteiger partial charge in [-0.05, 0) is 37.5 Å². The Kier molecular flexibility index (Phi) is 8.74. The van der Waals surface area contributed by atoms with Crippen molar-refractivity contribution in [3.05, 3.63) is 29.8 Å². The lowest BCUT2D eigenvalue weighted by Crippen LogP contribution is -2.33. The SMILES string of the molecule is CCN(CC)S(=O)(=O)c1ccc(CCC(=O)NC(C)CCC(=O)O)cc1. The van der Waals surface area contributed by atoms with Crippen molar-refractivity contribution in [1.82, 2.24) is 9.62 Å². The summed E-state index contributed by atoms with van der Waals surface area (Å²) < 4.78 is 26.2. The summed E-state index contributed by atoms with van der Waals surface area (Å²) in [6.45, 7) is 6.20. The number of nitrogens with one attached hydrogen (secondary N) is 1. The second-order valence-corrected chi connectivity index (χ2v) is 8.07. The maximum absolute atomic E-state index is 12.4. The molecule has 0 saturated heterocycles. The van der Waals surface area contributed by atoms with Crippen LogP contribution in [0.2, 0.25) is 0 Å². The van der Waals surface area contributed by atoms with Gasteiger partial charge in [0, 0.05) is 32.0 Å². The van der Waals surface area contributed by atoms with Crippen LogP contribution in [0.5, 0.6) is 0 Å². The van der Waals surface area contributed by atoms with Gasteiger partial charge in [-0.25, -0.2) is 8.42 Å². The van der Waals surface area contributed by atoms with Crippen molar-refractivity contribution in [3.8, 4) is 0 Å². The number of carbonyl (C=O) groups is 2. The van der Waals surface area contributed by atoms with E-state index in [0.717, 1.165) is 5.56 Å². The van der Waals surface area contributed by atoms with Gasteiger partial charge in [0.15, 0.2) is 0 Å². The molecular weight excluding hydrogens is 356 g/mol. The molecular formula is C18H28N2O5S. The number of carboxylic acid groups (broad SMARTS) is 1. The van der Waals surface area contributed by atoms with Crippen LogP contribution in [-0.2, 0) is 26.0 Å². The molecule has 0 fully saturated rings. The second-order valence-electron chi connectivity index (χ2n) is 6.13. The van der Waals surface area contributed by atoms with Crippen molar-refractivity contribution in [1.29, 1.82) is 0 Å². The van der Waals surface area contributed by atoms with Gasteiger partial charge in [-0.1, -0.05) is 26.0 Å². The van der Waals surface area contributed by atoms with Crippen LogP contribution in [0.3, 0.4) is 0 Å². The molecule has 1 atom stereocenters. The first-order valence-electron chi connectivity index (χ1n) is 8.80. The number of rotatable bonds is 11. The zero-order valence-corrected chi connectivity index (χ0v) is 16.4. The normalized spacial score (nSPS) is 12.8. The summed E-state index contributed by atoms with van der Waals surface area (Å²) in [4.78, 5) is 22.7. The van der Waals surface area contributed by atoms with Crippen molar-refractivity contribution in [2.75, 3.05) is 13.1 Å². The fourth-order valence-electron chi connectivity index (χ4n) is 2.56. The molecule has 0 bridgehead atoms. The molecule has 26 heavy (non-hydrogen) atoms. The monoisotopic (exact) mass is 384 g/mol. The van der Waals surface area contributed by atoms with E-state index >= 15 is 0 Å². The number of carbonyl (C=O) groups excluding carboxylic acids is 1. The largest absolute Gasteiger partial charge is 0.481 e. The van der Waals surface area contributed by atoms with E-state index in [1.807, 2.05) is 0 Å². The Bertz CT molecular complexity index is 697. The van der Waals surface area contributed by atoms with Gasteiger partial charge >= 0.3 is 5.97 Å². The number of sulfonamides is 1. The molecule has 1 aromatic carbocycles. The quantitative estimate of drug-likeness (QED) is 0.607. The molecule has 1 aromatic rings. The first kappa shape index (κ1) is 22.1. The summed E-state index contributed by atoms with van der Waals surface area (Å²) in [5, 5.41) is 11.4. The molecule has 0 aliphatic carbocycles. The summed E-state index contributed by atoms with van der Waals surface area (Å²) in [5.74, 6) is -1.03. The van der Waals surface area contributed by atoms with Gasteiger partial charge in [-0.2, -0.15) is 4.31 Å². The number of nitrogens with zero attached hydrogens (tertiary/aromatic N) is 1. The zero-order chi connectivity index (χ0) is 19.7. The van der Waals surface area contributed by atoms with Gasteiger partial charge in [0.2, 0.25) is 15.9 Å². The van der Waals surface area contributed by atoms with Crippen molar-refractivity contribution in [3.63, 3.8) is 0 Å². The van der Waals surface area contributed by atoms with Crippen molar-refractivity contribution in [2.24, 2.45) is 0 Å². The van der Waals surface area contributed by atoms with Crippen molar-refractivity contribution in [2.45, 2.75) is 57.4 Å². The van der Waals surface area contributed by atoms with Crippen molar-refractivity contribution >= 4 is 21.9 Å². The lowest BCUT2D eigenvalue weighted by molar-refractivity contribution is -0.137. The number of carboxylic acids is 1. The Morgan fingerprint density at radius 1 is 1.12 bits per heavy atom. The summed E-state index contributed by atoms with van der Waals surface area (Å²) in [6, 6.07) is 6.38. The third kappa shape index (κ3) is 6.76. The van der Waals surface area contributed by atoms with E-state index in [9.17, 15) is 18.0 Å². The highest BCUT2D eigenvalue weighted by atomic mass is 32.2. The van der Waals surface area contributed by atoms with E-state index in [-0.39, 0.29) is 29.7 Å². The summed E-state index contributed by atoms with van der Waals surface area (Å²) in [6.07, 6.45) is 1.16. The first-order valence-corrected chi connectivity index (χ1v) is 10.2. The number of aliphatic carboxylic acids is 1. The van der Waals surface area contributed by atoms with Crippen LogP contribution in [0, 0.1) is 0 Å². The van der Waals surface area contributed by atoms with E-state index < -0.39 is 16.0 Å². The number of benzene rings is 1. The van der Waals surface area contributed by atoms with Crippen LogP contribution >= 0.6 is 0 Å². The van der Waals surface area contributed by atoms with E-state index in [4.69, 9.17) is 5.11 Å². The number of aryl methyl sites for hydroxylation is 1. The molecule has 1 unspecified atom stereocenters. The van der Waals surface area contributed by atoms with Crippen LogP contribution in [0.25, 0.3) is 0 Å². The molecule has 0 radical (unpaired) electrons. The maximum atomic E-state index is 12.4. The molecule has 146 valence electrons. The minimum atomic E-state index is -3.47. The molecule has 0 spiro atoms. The predicted octanol–water partition coefficient (Wildman–Crippen LogP) is 2.02. The van der Waals surface area contributed by atoms with Gasteiger partial charge in [0.25, 0.3) is 0 Å². The highest BCUT2D eigenvalue weighted by molar-refractivity contribution is 7.89. The number of hydrogen-bond acceptors (Lipinski definition) is 4. The molecule has 2 N–H and O–H groups in total. The van der Waals surface area contributed by atoms with Crippen molar-refractivity contribution < 1.29 is 23.1 Å². The fraction of sp³-hybridized carbons (Fsp3) is 0.556. The number of hydrogen-bond donors (Lipinski definition) is 2. The minimum absolute atomic E-state index is 0.0178. The molecule has 0 saturated carbocycles. The molecule has 0 aliphatic heterocycles. The van der Waals surface area contributed by atoms with Gasteiger partial charge in [-0.3, -0.25) is 9.59 Å². The van der Waals surface area contributed by atoms with Crippen LogP contribution in [0.1, 0.15) is 45.6 Å². The third-order valence-electron chi connectivity index (χ3n) is 4.11. The van der Waals surface area contributed by atoms with E-state index in [1.54, 1.807) is 45.0 Å². The second kappa shape index (κ2) is 10.3. The highest BCUT2D eigenvalue weighted by Crippen LogP contribution is 2.16. The Hall–Kier alpha value is -1.93. The fourth-order valence-corrected chi connectivity index (χ4v) is 4.02. The zero-order valence-electron chi connectivity index (χ0n) is 15.6. The van der Waals surface area contributed by atoms with Crippen LogP contribution < -0.4 is 5.32 Å². The maximum Gasteiger partial charge on any atom is 0.303 e. The van der Waals surface area contributed by atoms with E-state index in [0.29, 0.717) is 25.9 Å². The molecule has 0 heterocycles. The molecule has 1 amide bonds. The van der Waals surface area contributed by atoms with E-state index in [1.165, 1.54) is 4.31 Å². The topological polar surface area (TPSA) is 104 Å². The van der Waals surface area contributed by atoms with Gasteiger partial charge < -0.3 is 10.4 Å². The Morgan fingerprint density at radius 3 is 2.19 bits per heavy atom. The highest BCUT2D eigenvalue weighted by Gasteiger charge is 2.21. The summed E-state index contributed by atoms with van der Waals surface area (Å²) in [7, 11) is -3.47. The minimum Gasteiger partial charge on any atom is -0.481 e. The molecule has 0 aromatic heterocycles. The lowest BCUT2D eigenvalue weighted by Gasteiger charge is -2.18. The predicted molar refractivity (Wildman–Crippen MR) is 99.3 cm³/mol. The third-order valence-corrected chi connectivity index (χ3v) is 6.17. The smallest absolute Gasteiger partial charge is 0.303 e. The number of amides is 1. The summed E-state index contributed by atoms with van der Waals surface area (Å²) in [5.41, 5.74) is 0.872. The first-order chi connectivity index (χ1) is 12.2. The summed E-state index contributed by atoms with van der Waals surface area (Å²) >= 11 is 0. The van der Waals surface area contributed by atoms with Crippen LogP contribution in [-0.4, -0.2) is 48.8 Å². The van der Waals surface area contributed by atoms with Crippen LogP contribution in [0.4, 0.5) is 0 Å². The Balaban J connectivity index is 2.57. The van der Waals surface area contributed by atoms with Gasteiger partial charge in [0.05, 0.1) is 4.90 Å². The average Bonchev–Trinajstić information content (AvgIpc) is 2.59. The standard InChI is InChI=1S/C18H28N2O5S/c1-4-20(5-2)26(24,25)16-10-7-15(8-11-16)9-12-17(21)19-14(3)6-13-18(22)23/h7-8,10-11,14H,4-6,9,12-13H2,1-3H3,(H,19,21)(H,22,23). The Labute approximate surface area is 155 Å².